The summed E-state index contributed by atoms with van der Waals surface area (Å²) < 4.78 is 1.06. The summed E-state index contributed by atoms with van der Waals surface area (Å²) in [6.45, 7) is 2.10. The Kier molecular flexibility index (Phi) is 2.37. The molecule has 0 radical (unpaired) electrons. The van der Waals surface area contributed by atoms with Gasteiger partial charge >= 0.3 is 0 Å². The van der Waals surface area contributed by atoms with Crippen molar-refractivity contribution in [1.82, 2.24) is 0 Å². The van der Waals surface area contributed by atoms with E-state index in [0.717, 1.165) is 22.5 Å². The van der Waals surface area contributed by atoms with Crippen LogP contribution in [0.3, 0.4) is 0 Å². The van der Waals surface area contributed by atoms with Crippen molar-refractivity contribution < 1.29 is 4.79 Å². The number of nitrogens with zero attached hydrogens (tertiary/aromatic N) is 1. The van der Waals surface area contributed by atoms with Crippen molar-refractivity contribution in [3.8, 4) is 0 Å². The summed E-state index contributed by atoms with van der Waals surface area (Å²) in [5.74, 6) is 1.000. The largest absolute Gasteiger partial charge is 0.314 e. The van der Waals surface area contributed by atoms with Gasteiger partial charge in [0.1, 0.15) is 0 Å². The second-order valence-electron chi connectivity index (χ2n) is 5.51. The van der Waals surface area contributed by atoms with Gasteiger partial charge in [-0.25, -0.2) is 0 Å². The Labute approximate surface area is 110 Å². The standard InChI is InChI=1S/C14H16BrNO/c1-14(8-9-3-4-9)11-7-10(15)5-6-12(11)16(2)13(14)17/h5-7,9H,3-4,8H2,1-2H3. The van der Waals surface area contributed by atoms with E-state index < -0.39 is 0 Å². The van der Waals surface area contributed by atoms with Gasteiger partial charge in [-0.2, -0.15) is 0 Å². The van der Waals surface area contributed by atoms with Crippen molar-refractivity contribution in [2.75, 3.05) is 11.9 Å². The zero-order valence-electron chi connectivity index (χ0n) is 10.2. The van der Waals surface area contributed by atoms with Gasteiger partial charge in [-0.3, -0.25) is 4.79 Å². The molecule has 1 heterocycles. The fourth-order valence-electron chi connectivity index (χ4n) is 2.93. The number of likely N-dealkylation sites (N-methyl/N-ethyl adjacent to an activating group) is 1. The Morgan fingerprint density at radius 1 is 1.47 bits per heavy atom. The third kappa shape index (κ3) is 1.63. The molecule has 0 N–H and O–H groups in total. The Morgan fingerprint density at radius 3 is 2.82 bits per heavy atom. The average Bonchev–Trinajstić information content (AvgIpc) is 3.07. The van der Waals surface area contributed by atoms with E-state index in [1.807, 2.05) is 24.1 Å². The normalized spacial score (nSPS) is 27.5. The maximum absolute atomic E-state index is 12.5. The fraction of sp³-hybridized carbons (Fsp3) is 0.500. The van der Waals surface area contributed by atoms with Crippen LogP contribution in [0.15, 0.2) is 22.7 Å². The van der Waals surface area contributed by atoms with E-state index in [1.54, 1.807) is 0 Å². The van der Waals surface area contributed by atoms with Gasteiger partial charge in [-0.05, 0) is 43.0 Å². The molecular weight excluding hydrogens is 278 g/mol. The molecule has 1 saturated carbocycles. The van der Waals surface area contributed by atoms with Gasteiger partial charge in [0.15, 0.2) is 0 Å². The van der Waals surface area contributed by atoms with Crippen LogP contribution in [0, 0.1) is 5.92 Å². The Morgan fingerprint density at radius 2 is 2.18 bits per heavy atom. The number of carbonyl (C=O) groups excluding carboxylic acids is 1. The summed E-state index contributed by atoms with van der Waals surface area (Å²) in [6.07, 6.45) is 3.57. The number of benzene rings is 1. The van der Waals surface area contributed by atoms with Crippen LogP contribution in [-0.2, 0) is 10.2 Å². The molecule has 0 spiro atoms. The highest BCUT2D eigenvalue weighted by Crippen LogP contribution is 2.49. The number of fused-ring (bicyclic) bond motifs is 1. The quantitative estimate of drug-likeness (QED) is 0.817. The zero-order chi connectivity index (χ0) is 12.2. The molecule has 1 atom stereocenters. The van der Waals surface area contributed by atoms with Crippen LogP contribution in [0.25, 0.3) is 0 Å². The highest BCUT2D eigenvalue weighted by Gasteiger charge is 2.48. The van der Waals surface area contributed by atoms with Crippen LogP contribution in [0.4, 0.5) is 5.69 Å². The Bertz CT molecular complexity index is 495. The maximum Gasteiger partial charge on any atom is 0.237 e. The molecule has 1 aliphatic heterocycles. The molecule has 1 unspecified atom stereocenters. The van der Waals surface area contributed by atoms with Crippen molar-refractivity contribution >= 4 is 27.5 Å². The minimum absolute atomic E-state index is 0.248. The SMILES string of the molecule is CN1C(=O)C(C)(CC2CC2)c2cc(Br)ccc21. The van der Waals surface area contributed by atoms with Gasteiger partial charge in [-0.1, -0.05) is 28.8 Å². The highest BCUT2D eigenvalue weighted by molar-refractivity contribution is 9.10. The van der Waals surface area contributed by atoms with Gasteiger partial charge in [-0.15, -0.1) is 0 Å². The van der Waals surface area contributed by atoms with Gasteiger partial charge in [0.2, 0.25) is 5.91 Å². The number of hydrogen-bond donors (Lipinski definition) is 0. The number of halogens is 1. The van der Waals surface area contributed by atoms with Crippen molar-refractivity contribution in [2.45, 2.75) is 31.6 Å². The van der Waals surface area contributed by atoms with Gasteiger partial charge in [0, 0.05) is 17.2 Å². The van der Waals surface area contributed by atoms with E-state index in [9.17, 15) is 4.79 Å². The number of amides is 1. The zero-order valence-corrected chi connectivity index (χ0v) is 11.8. The number of hydrogen-bond acceptors (Lipinski definition) is 1. The van der Waals surface area contributed by atoms with Gasteiger partial charge in [0.25, 0.3) is 0 Å². The predicted molar refractivity (Wildman–Crippen MR) is 72.2 cm³/mol. The molecule has 3 rings (SSSR count). The lowest BCUT2D eigenvalue weighted by molar-refractivity contribution is -0.122. The molecule has 1 aromatic carbocycles. The molecule has 0 aromatic heterocycles. The topological polar surface area (TPSA) is 20.3 Å². The monoisotopic (exact) mass is 293 g/mol. The molecule has 1 aliphatic carbocycles. The molecule has 1 aromatic rings. The third-order valence-electron chi connectivity index (χ3n) is 4.08. The van der Waals surface area contributed by atoms with Gasteiger partial charge < -0.3 is 4.90 Å². The van der Waals surface area contributed by atoms with Crippen molar-refractivity contribution in [3.05, 3.63) is 28.2 Å². The lowest BCUT2D eigenvalue weighted by Gasteiger charge is -2.23. The Hall–Kier alpha value is -0.830. The minimum atomic E-state index is -0.310. The summed E-state index contributed by atoms with van der Waals surface area (Å²) in [5.41, 5.74) is 1.95. The Balaban J connectivity index is 2.10. The lowest BCUT2D eigenvalue weighted by Crippen LogP contribution is -2.36. The maximum atomic E-state index is 12.5. The summed E-state index contributed by atoms with van der Waals surface area (Å²) in [5, 5.41) is 0. The van der Waals surface area contributed by atoms with Gasteiger partial charge in [0.05, 0.1) is 5.41 Å². The number of carbonyl (C=O) groups is 1. The van der Waals surface area contributed by atoms with Crippen LogP contribution in [0.5, 0.6) is 0 Å². The van der Waals surface area contributed by atoms with Crippen LogP contribution in [0.2, 0.25) is 0 Å². The molecule has 0 bridgehead atoms. The molecule has 3 heteroatoms. The smallest absolute Gasteiger partial charge is 0.237 e. The van der Waals surface area contributed by atoms with Crippen LogP contribution < -0.4 is 4.90 Å². The molecule has 0 saturated heterocycles. The van der Waals surface area contributed by atoms with Crippen molar-refractivity contribution in [1.29, 1.82) is 0 Å². The van der Waals surface area contributed by atoms with E-state index in [1.165, 1.54) is 18.4 Å². The van der Waals surface area contributed by atoms with Crippen LogP contribution in [0.1, 0.15) is 31.7 Å². The number of rotatable bonds is 2. The van der Waals surface area contributed by atoms with E-state index in [0.29, 0.717) is 0 Å². The van der Waals surface area contributed by atoms with E-state index in [2.05, 4.69) is 28.9 Å². The first-order valence-electron chi connectivity index (χ1n) is 6.10. The fourth-order valence-corrected chi connectivity index (χ4v) is 3.30. The predicted octanol–water partition coefficient (Wildman–Crippen LogP) is 3.48. The molecule has 90 valence electrons. The van der Waals surface area contributed by atoms with Crippen LogP contribution >= 0.6 is 15.9 Å². The van der Waals surface area contributed by atoms with E-state index in [4.69, 9.17) is 0 Å². The molecule has 17 heavy (non-hydrogen) atoms. The first-order valence-corrected chi connectivity index (χ1v) is 6.90. The first-order chi connectivity index (χ1) is 8.02. The highest BCUT2D eigenvalue weighted by atomic mass is 79.9. The molecular formula is C14H16BrNO. The van der Waals surface area contributed by atoms with Crippen LogP contribution in [-0.4, -0.2) is 13.0 Å². The minimum Gasteiger partial charge on any atom is -0.314 e. The molecule has 1 amide bonds. The second-order valence-corrected chi connectivity index (χ2v) is 6.42. The third-order valence-corrected chi connectivity index (χ3v) is 4.58. The second kappa shape index (κ2) is 3.58. The van der Waals surface area contributed by atoms with Crippen molar-refractivity contribution in [3.63, 3.8) is 0 Å². The summed E-state index contributed by atoms with van der Waals surface area (Å²) in [6, 6.07) is 6.15. The first kappa shape index (κ1) is 11.3. The summed E-state index contributed by atoms with van der Waals surface area (Å²) in [7, 11) is 1.88. The lowest BCUT2D eigenvalue weighted by atomic mass is 9.79. The number of anilines is 1. The van der Waals surface area contributed by atoms with E-state index >= 15 is 0 Å². The average molecular weight is 294 g/mol. The van der Waals surface area contributed by atoms with Crippen molar-refractivity contribution in [2.24, 2.45) is 5.92 Å². The summed E-state index contributed by atoms with van der Waals surface area (Å²) >= 11 is 3.51. The summed E-state index contributed by atoms with van der Waals surface area (Å²) in [4.78, 5) is 14.3. The molecule has 1 fully saturated rings. The molecule has 2 nitrogen and oxygen atoms in total. The molecule has 2 aliphatic rings. The van der Waals surface area contributed by atoms with E-state index in [-0.39, 0.29) is 11.3 Å².